The third-order valence-corrected chi connectivity index (χ3v) is 7.70. The number of anilines is 2. The summed E-state index contributed by atoms with van der Waals surface area (Å²) in [7, 11) is 0. The largest absolute Gasteiger partial charge is 0.469 e. The molecule has 1 saturated carbocycles. The molecular formula is C30H31N3O3. The Labute approximate surface area is 211 Å². The minimum Gasteiger partial charge on any atom is -0.469 e. The lowest BCUT2D eigenvalue weighted by Crippen LogP contribution is -2.48. The van der Waals surface area contributed by atoms with Gasteiger partial charge >= 0.3 is 6.03 Å². The van der Waals surface area contributed by atoms with Gasteiger partial charge in [0.2, 0.25) is 0 Å². The van der Waals surface area contributed by atoms with E-state index in [1.165, 1.54) is 6.42 Å². The molecule has 1 fully saturated rings. The molecule has 0 unspecified atom stereocenters. The van der Waals surface area contributed by atoms with Crippen LogP contribution in [0.2, 0.25) is 0 Å². The molecule has 6 rings (SSSR count). The smallest absolute Gasteiger partial charge is 0.323 e. The van der Waals surface area contributed by atoms with Crippen molar-refractivity contribution in [3.63, 3.8) is 0 Å². The summed E-state index contributed by atoms with van der Waals surface area (Å²) in [6.07, 6.45) is 8.12. The van der Waals surface area contributed by atoms with Crippen molar-refractivity contribution in [2.75, 3.05) is 10.2 Å². The van der Waals surface area contributed by atoms with Gasteiger partial charge in [-0.15, -0.1) is 0 Å². The van der Waals surface area contributed by atoms with Crippen LogP contribution in [-0.2, 0) is 4.79 Å². The zero-order valence-electron chi connectivity index (χ0n) is 20.3. The standard InChI is InChI=1S/C30H31N3O3/c34-26-19-21(27-16-9-17-36-27)18-24-28(26)29(20-10-3-1-4-11-20)33(25-15-8-7-14-23(25)32-24)30(35)31-22-12-5-2-6-13-22/h1,3-4,7-11,14-17,21-22,29,32H,2,5-6,12-13,18-19H2,(H,31,35)/t21-,29-/m1/s1. The highest BCUT2D eigenvalue weighted by molar-refractivity contribution is 6.06. The van der Waals surface area contributed by atoms with Gasteiger partial charge < -0.3 is 15.1 Å². The monoisotopic (exact) mass is 481 g/mol. The maximum Gasteiger partial charge on any atom is 0.323 e. The van der Waals surface area contributed by atoms with E-state index in [1.54, 1.807) is 11.2 Å². The van der Waals surface area contributed by atoms with E-state index < -0.39 is 6.04 Å². The van der Waals surface area contributed by atoms with E-state index in [-0.39, 0.29) is 23.8 Å². The predicted octanol–water partition coefficient (Wildman–Crippen LogP) is 6.70. The van der Waals surface area contributed by atoms with Crippen LogP contribution < -0.4 is 15.5 Å². The molecule has 2 heterocycles. The summed E-state index contributed by atoms with van der Waals surface area (Å²) in [4.78, 5) is 29.7. The summed E-state index contributed by atoms with van der Waals surface area (Å²) >= 11 is 0. The number of carbonyl (C=O) groups excluding carboxylic acids is 2. The Morgan fingerprint density at radius 2 is 1.69 bits per heavy atom. The van der Waals surface area contributed by atoms with E-state index in [0.29, 0.717) is 18.4 Å². The average molecular weight is 482 g/mol. The molecular weight excluding hydrogens is 450 g/mol. The quantitative estimate of drug-likeness (QED) is 0.437. The van der Waals surface area contributed by atoms with Crippen molar-refractivity contribution < 1.29 is 14.0 Å². The SMILES string of the molecule is O=C1C[C@H](c2ccco2)CC2=C1[C@@H](c1ccccc1)N(C(=O)NC1CCCCC1)c1ccccc1N2. The number of hydrogen-bond donors (Lipinski definition) is 2. The van der Waals surface area contributed by atoms with E-state index in [4.69, 9.17) is 4.42 Å². The van der Waals surface area contributed by atoms with Crippen LogP contribution in [0.5, 0.6) is 0 Å². The third-order valence-electron chi connectivity index (χ3n) is 7.70. The number of nitrogens with zero attached hydrogens (tertiary/aromatic N) is 1. The predicted molar refractivity (Wildman–Crippen MR) is 140 cm³/mol. The second-order valence-electron chi connectivity index (χ2n) is 10.0. The van der Waals surface area contributed by atoms with Crippen LogP contribution in [0.3, 0.4) is 0 Å². The van der Waals surface area contributed by atoms with Crippen LogP contribution in [0.1, 0.15) is 68.2 Å². The topological polar surface area (TPSA) is 74.6 Å². The van der Waals surface area contributed by atoms with E-state index >= 15 is 0 Å². The van der Waals surface area contributed by atoms with Gasteiger partial charge in [-0.3, -0.25) is 9.69 Å². The Kier molecular flexibility index (Phi) is 6.09. The van der Waals surface area contributed by atoms with Gasteiger partial charge in [0.1, 0.15) is 5.76 Å². The lowest BCUT2D eigenvalue weighted by Gasteiger charge is -2.36. The third kappa shape index (κ3) is 4.21. The van der Waals surface area contributed by atoms with E-state index in [1.807, 2.05) is 66.7 Å². The van der Waals surface area contributed by atoms with Gasteiger partial charge in [0.25, 0.3) is 0 Å². The maximum absolute atomic E-state index is 14.0. The van der Waals surface area contributed by atoms with Crippen LogP contribution >= 0.6 is 0 Å². The summed E-state index contributed by atoms with van der Waals surface area (Å²) in [5.74, 6) is 0.824. The number of benzene rings is 2. The first-order valence-electron chi connectivity index (χ1n) is 13.0. The number of fused-ring (bicyclic) bond motifs is 1. The number of carbonyl (C=O) groups is 2. The Morgan fingerprint density at radius 1 is 0.917 bits per heavy atom. The molecule has 3 aromatic rings. The lowest BCUT2D eigenvalue weighted by molar-refractivity contribution is -0.116. The number of allylic oxidation sites excluding steroid dienone is 1. The molecule has 0 saturated heterocycles. The van der Waals surface area contributed by atoms with Crippen LogP contribution in [0.15, 0.2) is 88.7 Å². The van der Waals surface area contributed by atoms with E-state index in [2.05, 4.69) is 10.6 Å². The first-order valence-corrected chi connectivity index (χ1v) is 13.0. The number of nitrogens with one attached hydrogen (secondary N) is 2. The molecule has 6 heteroatoms. The number of rotatable bonds is 3. The Bertz CT molecular complexity index is 1280. The number of hydrogen-bond acceptors (Lipinski definition) is 4. The molecule has 0 bridgehead atoms. The number of ketones is 1. The fourth-order valence-electron chi connectivity index (χ4n) is 5.98. The van der Waals surface area contributed by atoms with Gasteiger partial charge in [0.15, 0.2) is 5.78 Å². The second kappa shape index (κ2) is 9.69. The van der Waals surface area contributed by atoms with Crippen molar-refractivity contribution >= 4 is 23.2 Å². The Hall–Kier alpha value is -3.80. The molecule has 2 atom stereocenters. The molecule has 2 N–H and O–H groups in total. The van der Waals surface area contributed by atoms with Crippen LogP contribution in [0.4, 0.5) is 16.2 Å². The fraction of sp³-hybridized carbons (Fsp3) is 0.333. The van der Waals surface area contributed by atoms with Crippen molar-refractivity contribution in [1.29, 1.82) is 0 Å². The maximum atomic E-state index is 14.0. The van der Waals surface area contributed by atoms with Crippen molar-refractivity contribution in [2.45, 2.75) is 62.9 Å². The highest BCUT2D eigenvalue weighted by atomic mass is 16.3. The minimum absolute atomic E-state index is 0.0371. The summed E-state index contributed by atoms with van der Waals surface area (Å²) < 4.78 is 5.68. The van der Waals surface area contributed by atoms with Crippen molar-refractivity contribution in [1.82, 2.24) is 5.32 Å². The molecule has 3 aliphatic rings. The Morgan fingerprint density at radius 3 is 2.47 bits per heavy atom. The van der Waals surface area contributed by atoms with Crippen molar-refractivity contribution in [3.05, 3.63) is 95.6 Å². The first kappa shape index (κ1) is 22.7. The number of urea groups is 1. The molecule has 184 valence electrons. The molecule has 0 radical (unpaired) electrons. The molecule has 1 aromatic heterocycles. The van der Waals surface area contributed by atoms with Gasteiger partial charge in [0.05, 0.1) is 23.7 Å². The van der Waals surface area contributed by atoms with Gasteiger partial charge in [-0.2, -0.15) is 0 Å². The van der Waals surface area contributed by atoms with Gasteiger partial charge in [-0.25, -0.2) is 4.79 Å². The number of para-hydroxylation sites is 2. The van der Waals surface area contributed by atoms with Gasteiger partial charge in [0, 0.05) is 29.7 Å². The molecule has 6 nitrogen and oxygen atoms in total. The van der Waals surface area contributed by atoms with E-state index in [9.17, 15) is 9.59 Å². The summed E-state index contributed by atoms with van der Waals surface area (Å²) in [5, 5.41) is 6.88. The molecule has 2 amide bonds. The minimum atomic E-state index is -0.522. The molecule has 36 heavy (non-hydrogen) atoms. The van der Waals surface area contributed by atoms with Crippen molar-refractivity contribution in [2.24, 2.45) is 0 Å². The highest BCUT2D eigenvalue weighted by Gasteiger charge is 2.42. The average Bonchev–Trinajstić information content (AvgIpc) is 3.40. The zero-order chi connectivity index (χ0) is 24.5. The zero-order valence-corrected chi connectivity index (χ0v) is 20.3. The van der Waals surface area contributed by atoms with Gasteiger partial charge in [-0.1, -0.05) is 61.7 Å². The highest BCUT2D eigenvalue weighted by Crippen LogP contribution is 2.47. The van der Waals surface area contributed by atoms with Crippen LogP contribution in [0, 0.1) is 0 Å². The first-order chi connectivity index (χ1) is 17.7. The molecule has 1 aliphatic heterocycles. The lowest BCUT2D eigenvalue weighted by atomic mass is 9.80. The summed E-state index contributed by atoms with van der Waals surface area (Å²) in [6, 6.07) is 21.1. The van der Waals surface area contributed by atoms with Crippen LogP contribution in [-0.4, -0.2) is 17.9 Å². The van der Waals surface area contributed by atoms with Gasteiger partial charge in [-0.05, 0) is 49.1 Å². The molecule has 0 spiro atoms. The normalized spacial score (nSPS) is 22.3. The number of amides is 2. The van der Waals surface area contributed by atoms with Crippen molar-refractivity contribution in [3.8, 4) is 0 Å². The number of Topliss-reactive ketones (excluding diaryl/α,β-unsaturated/α-hetero) is 1. The van der Waals surface area contributed by atoms with E-state index in [0.717, 1.165) is 54.1 Å². The molecule has 2 aliphatic carbocycles. The second-order valence-corrected chi connectivity index (χ2v) is 10.0. The summed E-state index contributed by atoms with van der Waals surface area (Å²) in [5.41, 5.74) is 4.06. The molecule has 2 aromatic carbocycles. The fourth-order valence-corrected chi connectivity index (χ4v) is 5.98. The van der Waals surface area contributed by atoms with Crippen LogP contribution in [0.25, 0.3) is 0 Å². The Balaban J connectivity index is 1.48. The summed E-state index contributed by atoms with van der Waals surface area (Å²) in [6.45, 7) is 0. The number of furan rings is 1.